The molecular weight excluding hydrogens is 316 g/mol. The summed E-state index contributed by atoms with van der Waals surface area (Å²) in [5, 5.41) is 9.78. The summed E-state index contributed by atoms with van der Waals surface area (Å²) in [6.07, 6.45) is -0.963. The first-order valence-electron chi connectivity index (χ1n) is 8.06. The second kappa shape index (κ2) is 7.07. The molecule has 1 fully saturated rings. The standard InChI is InChI=1S/C16H34O6Si/c1-14(2,3)23(8,9)20-11-13-12(10-17)21-15(4,18-6)16(5,19-7)22-13/h12-13,17H,10-11H2,1-9H3/t12-,13+,15-,16-/m1/s1. The van der Waals surface area contributed by atoms with Gasteiger partial charge in [0.2, 0.25) is 11.6 Å². The van der Waals surface area contributed by atoms with Crippen molar-refractivity contribution in [3.05, 3.63) is 0 Å². The van der Waals surface area contributed by atoms with Gasteiger partial charge in [-0.2, -0.15) is 0 Å². The molecule has 1 aliphatic rings. The van der Waals surface area contributed by atoms with E-state index in [2.05, 4.69) is 33.9 Å². The van der Waals surface area contributed by atoms with E-state index in [1.165, 1.54) is 7.11 Å². The summed E-state index contributed by atoms with van der Waals surface area (Å²) < 4.78 is 29.3. The average molecular weight is 351 g/mol. The van der Waals surface area contributed by atoms with Gasteiger partial charge in [0.25, 0.3) is 0 Å². The highest BCUT2D eigenvalue weighted by Gasteiger charge is 2.56. The van der Waals surface area contributed by atoms with Crippen LogP contribution >= 0.6 is 0 Å². The highest BCUT2D eigenvalue weighted by atomic mass is 28.4. The first kappa shape index (κ1) is 21.0. The molecule has 0 aliphatic carbocycles. The van der Waals surface area contributed by atoms with Crippen LogP contribution in [0.1, 0.15) is 34.6 Å². The fourth-order valence-corrected chi connectivity index (χ4v) is 3.23. The third kappa shape index (κ3) is 4.15. The summed E-state index contributed by atoms with van der Waals surface area (Å²) in [5.74, 6) is -2.20. The van der Waals surface area contributed by atoms with Crippen LogP contribution in [0.25, 0.3) is 0 Å². The number of rotatable bonds is 6. The Morgan fingerprint density at radius 3 is 1.78 bits per heavy atom. The van der Waals surface area contributed by atoms with E-state index in [1.54, 1.807) is 21.0 Å². The molecule has 1 saturated heterocycles. The summed E-state index contributed by atoms with van der Waals surface area (Å²) in [6, 6.07) is 0. The molecular formula is C16H34O6Si. The van der Waals surface area contributed by atoms with Crippen LogP contribution < -0.4 is 0 Å². The predicted octanol–water partition coefficient (Wildman–Crippen LogP) is 2.51. The Morgan fingerprint density at radius 2 is 1.43 bits per heavy atom. The normalized spacial score (nSPS) is 36.3. The monoisotopic (exact) mass is 350 g/mol. The van der Waals surface area contributed by atoms with Crippen LogP contribution in [0.2, 0.25) is 18.1 Å². The zero-order valence-electron chi connectivity index (χ0n) is 16.1. The Bertz CT molecular complexity index is 397. The molecule has 6 nitrogen and oxygen atoms in total. The molecule has 0 unspecified atom stereocenters. The molecule has 0 aromatic heterocycles. The van der Waals surface area contributed by atoms with Crippen molar-refractivity contribution in [2.24, 2.45) is 0 Å². The highest BCUT2D eigenvalue weighted by molar-refractivity contribution is 6.74. The van der Waals surface area contributed by atoms with Crippen molar-refractivity contribution in [2.45, 2.75) is 76.5 Å². The van der Waals surface area contributed by atoms with Crippen LogP contribution in [-0.2, 0) is 23.4 Å². The summed E-state index contributed by atoms with van der Waals surface area (Å²) in [7, 11) is 1.16. The molecule has 1 aliphatic heterocycles. The summed E-state index contributed by atoms with van der Waals surface area (Å²) in [4.78, 5) is 0. The Balaban J connectivity index is 2.91. The van der Waals surface area contributed by atoms with Crippen molar-refractivity contribution in [3.8, 4) is 0 Å². The predicted molar refractivity (Wildman–Crippen MR) is 90.8 cm³/mol. The van der Waals surface area contributed by atoms with Gasteiger partial charge in [-0.25, -0.2) is 0 Å². The SMILES string of the molecule is CO[C@]1(C)O[C@@H](CO[Si](C)(C)C(C)(C)C)[C@@H](CO)O[C@@]1(C)OC. The maximum absolute atomic E-state index is 9.68. The van der Waals surface area contributed by atoms with Gasteiger partial charge in [0.05, 0.1) is 13.2 Å². The van der Waals surface area contributed by atoms with E-state index in [4.69, 9.17) is 23.4 Å². The van der Waals surface area contributed by atoms with Crippen molar-refractivity contribution >= 4 is 8.32 Å². The molecule has 0 spiro atoms. The van der Waals surface area contributed by atoms with Gasteiger partial charge in [0.15, 0.2) is 8.32 Å². The van der Waals surface area contributed by atoms with E-state index in [0.29, 0.717) is 6.61 Å². The molecule has 1 N–H and O–H groups in total. The summed E-state index contributed by atoms with van der Waals surface area (Å²) in [6.45, 7) is 14.6. The van der Waals surface area contributed by atoms with Gasteiger partial charge in [0.1, 0.15) is 12.2 Å². The van der Waals surface area contributed by atoms with Gasteiger partial charge in [-0.3, -0.25) is 0 Å². The molecule has 0 amide bonds. The maximum atomic E-state index is 9.68. The zero-order valence-corrected chi connectivity index (χ0v) is 17.1. The Morgan fingerprint density at radius 1 is 1.00 bits per heavy atom. The van der Waals surface area contributed by atoms with Gasteiger partial charge in [-0.05, 0) is 32.0 Å². The minimum Gasteiger partial charge on any atom is -0.414 e. The molecule has 1 rings (SSSR count). The van der Waals surface area contributed by atoms with E-state index >= 15 is 0 Å². The third-order valence-corrected chi connectivity index (χ3v) is 9.87. The number of hydrogen-bond acceptors (Lipinski definition) is 6. The molecule has 7 heteroatoms. The minimum absolute atomic E-state index is 0.100. The third-order valence-electron chi connectivity index (χ3n) is 5.37. The number of ether oxygens (including phenoxy) is 4. The second-order valence-corrected chi connectivity index (χ2v) is 12.7. The maximum Gasteiger partial charge on any atom is 0.220 e. The molecule has 23 heavy (non-hydrogen) atoms. The zero-order chi connectivity index (χ0) is 18.1. The van der Waals surface area contributed by atoms with Crippen LogP contribution in [0.4, 0.5) is 0 Å². The molecule has 0 radical (unpaired) electrons. The van der Waals surface area contributed by atoms with Crippen LogP contribution in [0.15, 0.2) is 0 Å². The van der Waals surface area contributed by atoms with Crippen LogP contribution in [0.3, 0.4) is 0 Å². The lowest BCUT2D eigenvalue weighted by Crippen LogP contribution is -2.66. The highest BCUT2D eigenvalue weighted by Crippen LogP contribution is 2.41. The van der Waals surface area contributed by atoms with Crippen molar-refractivity contribution in [3.63, 3.8) is 0 Å². The Kier molecular flexibility index (Phi) is 6.46. The van der Waals surface area contributed by atoms with Gasteiger partial charge in [-0.1, -0.05) is 20.8 Å². The lowest BCUT2D eigenvalue weighted by atomic mass is 10.0. The van der Waals surface area contributed by atoms with Crippen molar-refractivity contribution in [1.29, 1.82) is 0 Å². The van der Waals surface area contributed by atoms with Gasteiger partial charge < -0.3 is 28.5 Å². The van der Waals surface area contributed by atoms with E-state index in [-0.39, 0.29) is 11.6 Å². The number of aliphatic hydroxyl groups is 1. The van der Waals surface area contributed by atoms with E-state index in [1.807, 2.05) is 0 Å². The fourth-order valence-electron chi connectivity index (χ4n) is 2.21. The second-order valence-electron chi connectivity index (χ2n) is 7.87. The van der Waals surface area contributed by atoms with E-state index in [0.717, 1.165) is 0 Å². The van der Waals surface area contributed by atoms with E-state index < -0.39 is 32.1 Å². The van der Waals surface area contributed by atoms with Gasteiger partial charge in [-0.15, -0.1) is 0 Å². The van der Waals surface area contributed by atoms with Gasteiger partial charge in [0, 0.05) is 14.2 Å². The summed E-state index contributed by atoms with van der Waals surface area (Å²) >= 11 is 0. The first-order valence-corrected chi connectivity index (χ1v) is 11.0. The quantitative estimate of drug-likeness (QED) is 0.743. The fraction of sp³-hybridized carbons (Fsp3) is 1.00. The molecule has 0 saturated carbocycles. The van der Waals surface area contributed by atoms with Crippen LogP contribution in [0.5, 0.6) is 0 Å². The average Bonchev–Trinajstić information content (AvgIpc) is 2.46. The lowest BCUT2D eigenvalue weighted by Gasteiger charge is -2.52. The van der Waals surface area contributed by atoms with Crippen LogP contribution in [-0.4, -0.2) is 64.6 Å². The minimum atomic E-state index is -1.92. The Labute approximate surface area is 141 Å². The number of methoxy groups -OCH3 is 2. The molecule has 0 bridgehead atoms. The molecule has 1 heterocycles. The van der Waals surface area contributed by atoms with E-state index in [9.17, 15) is 5.11 Å². The van der Waals surface area contributed by atoms with Crippen molar-refractivity contribution in [2.75, 3.05) is 27.4 Å². The largest absolute Gasteiger partial charge is 0.414 e. The topological polar surface area (TPSA) is 66.4 Å². The summed E-state index contributed by atoms with van der Waals surface area (Å²) in [5.41, 5.74) is 0. The van der Waals surface area contributed by atoms with Crippen molar-refractivity contribution < 1.29 is 28.5 Å². The molecule has 4 atom stereocenters. The molecule has 0 aromatic carbocycles. The molecule has 0 aromatic rings. The first-order chi connectivity index (χ1) is 10.4. The number of aliphatic hydroxyl groups excluding tert-OH is 1. The lowest BCUT2D eigenvalue weighted by molar-refractivity contribution is -0.451. The smallest absolute Gasteiger partial charge is 0.220 e. The van der Waals surface area contributed by atoms with Crippen molar-refractivity contribution in [1.82, 2.24) is 0 Å². The molecule has 138 valence electrons. The Hall–Kier alpha value is -0.0231. The van der Waals surface area contributed by atoms with Gasteiger partial charge >= 0.3 is 0 Å². The van der Waals surface area contributed by atoms with Crippen LogP contribution in [0, 0.1) is 0 Å². The number of hydrogen-bond donors (Lipinski definition) is 1.